The monoisotopic (exact) mass is 328 g/mol. The van der Waals surface area contributed by atoms with Crippen molar-refractivity contribution in [3.8, 4) is 0 Å². The minimum Gasteiger partial charge on any atom is -0.468 e. The summed E-state index contributed by atoms with van der Waals surface area (Å²) < 4.78 is 15.2. The van der Waals surface area contributed by atoms with E-state index >= 15 is 0 Å². The maximum absolute atomic E-state index is 12.4. The van der Waals surface area contributed by atoms with Crippen molar-refractivity contribution in [3.63, 3.8) is 0 Å². The second kappa shape index (κ2) is 5.67. The van der Waals surface area contributed by atoms with Crippen molar-refractivity contribution >= 4 is 18.0 Å². The van der Waals surface area contributed by atoms with Gasteiger partial charge < -0.3 is 24.4 Å². The summed E-state index contributed by atoms with van der Waals surface area (Å²) in [5.41, 5.74) is -2.98. The zero-order valence-electron chi connectivity index (χ0n) is 14.2. The fourth-order valence-corrected chi connectivity index (χ4v) is 3.46. The Labute approximate surface area is 135 Å². The molecule has 1 amide bonds. The van der Waals surface area contributed by atoms with Crippen LogP contribution in [0.4, 0.5) is 4.79 Å². The molecule has 0 aromatic rings. The van der Waals surface area contributed by atoms with E-state index in [1.165, 1.54) is 19.1 Å². The number of fused-ring (bicyclic) bond motifs is 1. The van der Waals surface area contributed by atoms with Crippen LogP contribution in [0.3, 0.4) is 0 Å². The van der Waals surface area contributed by atoms with Crippen molar-refractivity contribution in [1.29, 1.82) is 0 Å². The number of esters is 2. The van der Waals surface area contributed by atoms with E-state index in [1.54, 1.807) is 20.8 Å². The van der Waals surface area contributed by atoms with Gasteiger partial charge in [0.2, 0.25) is 0 Å². The van der Waals surface area contributed by atoms with Crippen LogP contribution < -0.4 is 5.32 Å². The van der Waals surface area contributed by atoms with Crippen molar-refractivity contribution in [3.05, 3.63) is 0 Å². The number of rotatable bonds is 2. The fraction of sp³-hybridized carbons (Fsp3) is 0.800. The molecule has 2 saturated heterocycles. The molecular formula is C15H24N2O6. The van der Waals surface area contributed by atoms with E-state index in [4.69, 9.17) is 14.2 Å². The van der Waals surface area contributed by atoms with Gasteiger partial charge in [-0.15, -0.1) is 0 Å². The first-order valence-electron chi connectivity index (χ1n) is 7.47. The van der Waals surface area contributed by atoms with Crippen molar-refractivity contribution in [1.82, 2.24) is 10.2 Å². The molecule has 8 nitrogen and oxygen atoms in total. The van der Waals surface area contributed by atoms with Gasteiger partial charge in [0.1, 0.15) is 16.4 Å². The van der Waals surface area contributed by atoms with Crippen LogP contribution in [0.15, 0.2) is 0 Å². The summed E-state index contributed by atoms with van der Waals surface area (Å²) >= 11 is 0. The number of amides is 1. The largest absolute Gasteiger partial charge is 0.468 e. The molecule has 2 heterocycles. The molecular weight excluding hydrogens is 304 g/mol. The normalized spacial score (nSPS) is 29.9. The van der Waals surface area contributed by atoms with Gasteiger partial charge in [-0.25, -0.2) is 4.79 Å². The molecule has 0 aliphatic carbocycles. The lowest BCUT2D eigenvalue weighted by Gasteiger charge is -2.32. The van der Waals surface area contributed by atoms with Crippen molar-refractivity contribution < 1.29 is 28.6 Å². The SMILES string of the molecule is COC(=O)[C@@]12CNC[C@]1(C(=O)OC)CN(C(=O)OC(C)(C)C)C2. The van der Waals surface area contributed by atoms with E-state index in [9.17, 15) is 14.4 Å². The number of hydrogen-bond acceptors (Lipinski definition) is 7. The summed E-state index contributed by atoms with van der Waals surface area (Å²) in [6.07, 6.45) is -0.557. The molecule has 2 atom stereocenters. The van der Waals surface area contributed by atoms with Gasteiger partial charge in [0.15, 0.2) is 0 Å². The van der Waals surface area contributed by atoms with Crippen LogP contribution in [-0.4, -0.2) is 68.9 Å². The second-order valence-electron chi connectivity index (χ2n) is 7.09. The molecule has 2 aliphatic heterocycles. The number of ether oxygens (including phenoxy) is 3. The third-order valence-electron chi connectivity index (χ3n) is 4.50. The smallest absolute Gasteiger partial charge is 0.410 e. The van der Waals surface area contributed by atoms with Crippen LogP contribution >= 0.6 is 0 Å². The lowest BCUT2D eigenvalue weighted by molar-refractivity contribution is -0.168. The summed E-state index contributed by atoms with van der Waals surface area (Å²) in [5, 5.41) is 3.06. The molecule has 0 bridgehead atoms. The van der Waals surface area contributed by atoms with E-state index in [0.29, 0.717) is 0 Å². The van der Waals surface area contributed by atoms with Gasteiger partial charge in [-0.1, -0.05) is 0 Å². The fourth-order valence-electron chi connectivity index (χ4n) is 3.46. The summed E-state index contributed by atoms with van der Waals surface area (Å²) in [7, 11) is 2.54. The topological polar surface area (TPSA) is 94.2 Å². The van der Waals surface area contributed by atoms with Gasteiger partial charge >= 0.3 is 18.0 Å². The Hall–Kier alpha value is -1.83. The molecule has 2 aliphatic rings. The Morgan fingerprint density at radius 1 is 0.957 bits per heavy atom. The highest BCUT2D eigenvalue weighted by Gasteiger charge is 2.71. The molecule has 130 valence electrons. The highest BCUT2D eigenvalue weighted by Crippen LogP contribution is 2.51. The Morgan fingerprint density at radius 2 is 1.39 bits per heavy atom. The van der Waals surface area contributed by atoms with Gasteiger partial charge in [0.25, 0.3) is 0 Å². The first kappa shape index (κ1) is 17.5. The third-order valence-corrected chi connectivity index (χ3v) is 4.50. The van der Waals surface area contributed by atoms with Crippen LogP contribution in [0.2, 0.25) is 0 Å². The highest BCUT2D eigenvalue weighted by molar-refractivity contribution is 5.92. The molecule has 0 unspecified atom stereocenters. The van der Waals surface area contributed by atoms with E-state index in [-0.39, 0.29) is 26.2 Å². The van der Waals surface area contributed by atoms with Crippen LogP contribution in [0.25, 0.3) is 0 Å². The molecule has 23 heavy (non-hydrogen) atoms. The van der Waals surface area contributed by atoms with Crippen LogP contribution in [-0.2, 0) is 23.8 Å². The molecule has 2 fully saturated rings. The Kier molecular flexibility index (Phi) is 4.32. The number of carbonyl (C=O) groups excluding carboxylic acids is 3. The molecule has 0 saturated carbocycles. The van der Waals surface area contributed by atoms with Crippen LogP contribution in [0.5, 0.6) is 0 Å². The van der Waals surface area contributed by atoms with E-state index in [1.807, 2.05) is 0 Å². The first-order chi connectivity index (χ1) is 10.6. The minimum atomic E-state index is -1.16. The zero-order valence-corrected chi connectivity index (χ0v) is 14.2. The number of methoxy groups -OCH3 is 2. The average Bonchev–Trinajstić information content (AvgIpc) is 2.97. The maximum Gasteiger partial charge on any atom is 0.410 e. The maximum atomic E-state index is 12.4. The predicted molar refractivity (Wildman–Crippen MR) is 79.6 cm³/mol. The van der Waals surface area contributed by atoms with E-state index in [2.05, 4.69) is 5.32 Å². The summed E-state index contributed by atoms with van der Waals surface area (Å²) in [6.45, 7) is 5.87. The Balaban J connectivity index is 2.37. The Morgan fingerprint density at radius 3 is 1.74 bits per heavy atom. The van der Waals surface area contributed by atoms with Gasteiger partial charge in [-0.3, -0.25) is 9.59 Å². The number of likely N-dealkylation sites (tertiary alicyclic amines) is 1. The van der Waals surface area contributed by atoms with Gasteiger partial charge in [0.05, 0.1) is 14.2 Å². The Bertz CT molecular complexity index is 497. The van der Waals surface area contributed by atoms with E-state index in [0.717, 1.165) is 0 Å². The molecule has 1 N–H and O–H groups in total. The highest BCUT2D eigenvalue weighted by atomic mass is 16.6. The molecule has 8 heteroatoms. The predicted octanol–water partition coefficient (Wildman–Crippen LogP) is 0.159. The van der Waals surface area contributed by atoms with Gasteiger partial charge in [-0.05, 0) is 20.8 Å². The molecule has 0 aromatic heterocycles. The minimum absolute atomic E-state index is 0.0523. The van der Waals surface area contributed by atoms with Crippen LogP contribution in [0, 0.1) is 10.8 Å². The standard InChI is InChI=1S/C15H24N2O6/c1-13(2,3)23-12(20)17-8-14(10(18)21-4)6-16-7-15(14,9-17)11(19)22-5/h16H,6-9H2,1-5H3/t14-,15+. The summed E-state index contributed by atoms with van der Waals surface area (Å²) in [5.74, 6) is -1.06. The van der Waals surface area contributed by atoms with Crippen LogP contribution in [0.1, 0.15) is 20.8 Å². The molecule has 0 spiro atoms. The zero-order chi connectivity index (χ0) is 17.5. The quantitative estimate of drug-likeness (QED) is 0.570. The van der Waals surface area contributed by atoms with E-state index < -0.39 is 34.5 Å². The average molecular weight is 328 g/mol. The number of carbonyl (C=O) groups is 3. The second-order valence-corrected chi connectivity index (χ2v) is 7.09. The molecule has 0 radical (unpaired) electrons. The number of nitrogens with one attached hydrogen (secondary N) is 1. The lowest BCUT2D eigenvalue weighted by Crippen LogP contribution is -2.52. The van der Waals surface area contributed by atoms with Gasteiger partial charge in [0, 0.05) is 26.2 Å². The molecule has 0 aromatic carbocycles. The molecule has 2 rings (SSSR count). The van der Waals surface area contributed by atoms with Crippen molar-refractivity contribution in [2.24, 2.45) is 10.8 Å². The lowest BCUT2D eigenvalue weighted by atomic mass is 9.68. The number of hydrogen-bond donors (Lipinski definition) is 1. The van der Waals surface area contributed by atoms with Crippen molar-refractivity contribution in [2.45, 2.75) is 26.4 Å². The number of nitrogens with zero attached hydrogens (tertiary/aromatic N) is 1. The van der Waals surface area contributed by atoms with Gasteiger partial charge in [-0.2, -0.15) is 0 Å². The van der Waals surface area contributed by atoms with Crippen molar-refractivity contribution in [2.75, 3.05) is 40.4 Å². The summed E-state index contributed by atoms with van der Waals surface area (Å²) in [4.78, 5) is 38.7. The summed E-state index contributed by atoms with van der Waals surface area (Å²) in [6, 6.07) is 0. The first-order valence-corrected chi connectivity index (χ1v) is 7.47. The third kappa shape index (κ3) is 2.65.